The molecule has 1 atom stereocenters. The normalized spacial score (nSPS) is 16.3. The number of nitrogens with one attached hydrogen (secondary N) is 1. The van der Waals surface area contributed by atoms with Gasteiger partial charge in [-0.05, 0) is 67.1 Å². The van der Waals surface area contributed by atoms with Gasteiger partial charge in [-0.15, -0.1) is 11.3 Å². The fourth-order valence-electron chi connectivity index (χ4n) is 3.56. The lowest BCUT2D eigenvalue weighted by molar-refractivity contribution is 0.0532. The van der Waals surface area contributed by atoms with Gasteiger partial charge in [0.15, 0.2) is 0 Å². The Kier molecular flexibility index (Phi) is 5.25. The molecule has 1 saturated heterocycles. The van der Waals surface area contributed by atoms with E-state index >= 15 is 0 Å². The number of nitrogens with zero attached hydrogens (tertiary/aromatic N) is 2. The van der Waals surface area contributed by atoms with Crippen LogP contribution in [0.1, 0.15) is 41.0 Å². The molecular weight excluding hydrogens is 374 g/mol. The summed E-state index contributed by atoms with van der Waals surface area (Å²) in [6.07, 6.45) is 5.45. The molecule has 1 aliphatic heterocycles. The second-order valence-corrected chi connectivity index (χ2v) is 7.73. The number of aromatic nitrogens is 1. The van der Waals surface area contributed by atoms with Crippen molar-refractivity contribution in [2.45, 2.75) is 25.8 Å². The smallest absolute Gasteiger partial charge is 0.348 e. The van der Waals surface area contributed by atoms with Gasteiger partial charge in [0.2, 0.25) is 0 Å². The molecule has 1 N–H and O–H groups in total. The van der Waals surface area contributed by atoms with E-state index in [1.807, 2.05) is 41.3 Å². The van der Waals surface area contributed by atoms with E-state index in [0.29, 0.717) is 17.2 Å². The number of fused-ring (bicyclic) bond motifs is 1. The molecule has 3 aromatic rings. The van der Waals surface area contributed by atoms with Gasteiger partial charge in [0.05, 0.1) is 12.6 Å². The number of hydrogen-bond acceptors (Lipinski definition) is 5. The van der Waals surface area contributed by atoms with E-state index in [-0.39, 0.29) is 18.0 Å². The quantitative estimate of drug-likeness (QED) is 0.642. The summed E-state index contributed by atoms with van der Waals surface area (Å²) < 4.78 is 6.05. The van der Waals surface area contributed by atoms with Gasteiger partial charge in [-0.2, -0.15) is 0 Å². The van der Waals surface area contributed by atoms with Crippen LogP contribution in [-0.4, -0.2) is 35.0 Å². The molecule has 4 rings (SSSR count). The zero-order valence-corrected chi connectivity index (χ0v) is 16.4. The number of likely N-dealkylation sites (tertiary alicyclic amines) is 1. The number of carbonyl (C=O) groups is 2. The van der Waals surface area contributed by atoms with E-state index in [4.69, 9.17) is 4.74 Å². The average molecular weight is 395 g/mol. The summed E-state index contributed by atoms with van der Waals surface area (Å²) in [5.74, 6) is -0.313. The molecular formula is C21H21N3O3S. The van der Waals surface area contributed by atoms with Crippen molar-refractivity contribution in [3.63, 3.8) is 0 Å². The molecule has 0 spiro atoms. The maximum atomic E-state index is 12.9. The second kappa shape index (κ2) is 7.98. The fraction of sp³-hybridized carbons (Fsp3) is 0.286. The Labute approximate surface area is 167 Å². The van der Waals surface area contributed by atoms with E-state index in [0.717, 1.165) is 35.0 Å². The highest BCUT2D eigenvalue weighted by molar-refractivity contribution is 7.20. The predicted octanol–water partition coefficient (Wildman–Crippen LogP) is 4.84. The summed E-state index contributed by atoms with van der Waals surface area (Å²) in [7, 11) is 0. The van der Waals surface area contributed by atoms with E-state index < -0.39 is 0 Å². The van der Waals surface area contributed by atoms with E-state index in [9.17, 15) is 9.59 Å². The lowest BCUT2D eigenvalue weighted by Crippen LogP contribution is -2.34. The molecule has 0 radical (unpaired) electrons. The Bertz CT molecular complexity index is 1000. The lowest BCUT2D eigenvalue weighted by Gasteiger charge is -2.25. The molecule has 0 aliphatic carbocycles. The molecule has 2 amide bonds. The van der Waals surface area contributed by atoms with Crippen molar-refractivity contribution in [1.29, 1.82) is 0 Å². The molecule has 1 aromatic carbocycles. The van der Waals surface area contributed by atoms with Crippen LogP contribution >= 0.6 is 11.3 Å². The maximum absolute atomic E-state index is 12.9. The third kappa shape index (κ3) is 3.71. The molecule has 6 nitrogen and oxygen atoms in total. The van der Waals surface area contributed by atoms with Crippen molar-refractivity contribution < 1.29 is 14.3 Å². The minimum Gasteiger partial charge on any atom is -0.462 e. The van der Waals surface area contributed by atoms with Gasteiger partial charge in [0.25, 0.3) is 0 Å². The number of benzene rings is 1. The molecule has 0 bridgehead atoms. The molecule has 0 unspecified atom stereocenters. The summed E-state index contributed by atoms with van der Waals surface area (Å²) in [5.41, 5.74) is 1.82. The van der Waals surface area contributed by atoms with E-state index in [1.165, 1.54) is 11.3 Å². The average Bonchev–Trinajstić information content (AvgIpc) is 3.36. The second-order valence-electron chi connectivity index (χ2n) is 6.65. The summed E-state index contributed by atoms with van der Waals surface area (Å²) in [6.45, 7) is 2.87. The summed E-state index contributed by atoms with van der Waals surface area (Å²) in [5, 5.41) is 3.91. The fourth-order valence-corrected chi connectivity index (χ4v) is 4.50. The van der Waals surface area contributed by atoms with Crippen LogP contribution in [0.15, 0.2) is 48.8 Å². The molecule has 144 valence electrons. The summed E-state index contributed by atoms with van der Waals surface area (Å²) >= 11 is 1.39. The largest absolute Gasteiger partial charge is 0.462 e. The van der Waals surface area contributed by atoms with Gasteiger partial charge in [-0.1, -0.05) is 0 Å². The standard InChI is InChI=1S/C21H21N3O3S/c1-2-27-20(25)19-13-15-12-16(5-6-18(15)28-19)23-21(26)24-11-3-4-17(24)14-7-9-22-10-8-14/h5-10,12-13,17H,2-4,11H2,1H3,(H,23,26)/t17-/m1/s1. The number of carbonyl (C=O) groups excluding carboxylic acids is 2. The monoisotopic (exact) mass is 395 g/mol. The number of thiophene rings is 1. The highest BCUT2D eigenvalue weighted by atomic mass is 32.1. The van der Waals surface area contributed by atoms with Crippen molar-refractivity contribution in [3.8, 4) is 0 Å². The zero-order valence-electron chi connectivity index (χ0n) is 15.6. The van der Waals surface area contributed by atoms with Crippen LogP contribution in [0.4, 0.5) is 10.5 Å². The van der Waals surface area contributed by atoms with Crippen molar-refractivity contribution in [3.05, 3.63) is 59.2 Å². The van der Waals surface area contributed by atoms with Crippen molar-refractivity contribution in [1.82, 2.24) is 9.88 Å². The molecule has 28 heavy (non-hydrogen) atoms. The van der Waals surface area contributed by atoms with E-state index in [2.05, 4.69) is 10.3 Å². The minimum atomic E-state index is -0.313. The van der Waals surface area contributed by atoms with Crippen molar-refractivity contribution in [2.75, 3.05) is 18.5 Å². The van der Waals surface area contributed by atoms with Gasteiger partial charge in [0, 0.05) is 29.3 Å². The SMILES string of the molecule is CCOC(=O)c1cc2cc(NC(=O)N3CCC[C@@H]3c3ccncc3)ccc2s1. The van der Waals surface area contributed by atoms with Crippen molar-refractivity contribution in [2.24, 2.45) is 0 Å². The zero-order chi connectivity index (χ0) is 19.5. The Morgan fingerprint density at radius 1 is 1.25 bits per heavy atom. The van der Waals surface area contributed by atoms with Gasteiger partial charge < -0.3 is 15.0 Å². The first-order valence-electron chi connectivity index (χ1n) is 9.34. The molecule has 2 aromatic heterocycles. The topological polar surface area (TPSA) is 71.5 Å². The minimum absolute atomic E-state index is 0.0725. The first-order chi connectivity index (χ1) is 13.7. The van der Waals surface area contributed by atoms with Crippen molar-refractivity contribution >= 4 is 39.1 Å². The Morgan fingerprint density at radius 3 is 2.86 bits per heavy atom. The number of urea groups is 1. The molecule has 3 heterocycles. The van der Waals surface area contributed by atoms with Crippen LogP contribution in [0, 0.1) is 0 Å². The number of rotatable bonds is 4. The molecule has 1 fully saturated rings. The van der Waals surface area contributed by atoms with Crippen LogP contribution in [-0.2, 0) is 4.74 Å². The highest BCUT2D eigenvalue weighted by Gasteiger charge is 2.30. The van der Waals surface area contributed by atoms with Crippen LogP contribution in [0.3, 0.4) is 0 Å². The Balaban J connectivity index is 1.51. The maximum Gasteiger partial charge on any atom is 0.348 e. The Morgan fingerprint density at radius 2 is 2.07 bits per heavy atom. The van der Waals surface area contributed by atoms with Gasteiger partial charge in [0.1, 0.15) is 4.88 Å². The summed E-state index contributed by atoms with van der Waals surface area (Å²) in [4.78, 5) is 31.3. The number of pyridine rings is 1. The van der Waals surface area contributed by atoms with Crippen LogP contribution in [0.25, 0.3) is 10.1 Å². The highest BCUT2D eigenvalue weighted by Crippen LogP contribution is 2.33. The molecule has 1 aliphatic rings. The summed E-state index contributed by atoms with van der Waals surface area (Å²) in [6, 6.07) is 11.4. The first-order valence-corrected chi connectivity index (χ1v) is 10.2. The number of ether oxygens (including phenoxy) is 1. The van der Waals surface area contributed by atoms with Crippen LogP contribution in [0.2, 0.25) is 0 Å². The third-order valence-electron chi connectivity index (χ3n) is 4.85. The Hall–Kier alpha value is -2.93. The molecule has 0 saturated carbocycles. The van der Waals surface area contributed by atoms with E-state index in [1.54, 1.807) is 19.3 Å². The van der Waals surface area contributed by atoms with Gasteiger partial charge >= 0.3 is 12.0 Å². The van der Waals surface area contributed by atoms with Gasteiger partial charge in [-0.3, -0.25) is 4.98 Å². The van der Waals surface area contributed by atoms with Gasteiger partial charge in [-0.25, -0.2) is 9.59 Å². The van der Waals surface area contributed by atoms with Crippen LogP contribution in [0.5, 0.6) is 0 Å². The number of hydrogen-bond donors (Lipinski definition) is 1. The predicted molar refractivity (Wildman–Crippen MR) is 110 cm³/mol. The number of anilines is 1. The van der Waals surface area contributed by atoms with Crippen LogP contribution < -0.4 is 5.32 Å². The number of esters is 1. The first kappa shape index (κ1) is 18.4. The molecule has 7 heteroatoms. The third-order valence-corrected chi connectivity index (χ3v) is 5.94. The lowest BCUT2D eigenvalue weighted by atomic mass is 10.1. The number of amides is 2.